The van der Waals surface area contributed by atoms with E-state index in [0.717, 1.165) is 6.42 Å². The Kier molecular flexibility index (Phi) is 2.13. The Morgan fingerprint density at radius 3 is 1.78 bits per heavy atom. The first-order chi connectivity index (χ1) is 8.02. The molecule has 0 aromatic heterocycles. The summed E-state index contributed by atoms with van der Waals surface area (Å²) in [6.07, 6.45) is 1.99. The highest BCUT2D eigenvalue weighted by atomic mass is 32.3. The molecule has 1 saturated heterocycles. The molecule has 18 heavy (non-hydrogen) atoms. The number of hydrogen-bond donors (Lipinski definition) is 0. The van der Waals surface area contributed by atoms with Crippen LogP contribution in [0.2, 0.25) is 0 Å². The van der Waals surface area contributed by atoms with Crippen LogP contribution in [0.3, 0.4) is 0 Å². The minimum Gasteiger partial charge on any atom is -0.227 e. The Bertz CT molecular complexity index is 580. The Morgan fingerprint density at radius 2 is 1.44 bits per heavy atom. The zero-order valence-corrected chi connectivity index (χ0v) is 12.7. The van der Waals surface area contributed by atoms with Crippen molar-refractivity contribution < 1.29 is 16.8 Å². The Labute approximate surface area is 109 Å². The van der Waals surface area contributed by atoms with Crippen LogP contribution in [-0.4, -0.2) is 32.4 Å². The standard InChI is InChI=1S/C12H20O4S2/c1-10(2)9-4-5-11(10,3)12(8-9)17(13,14)6-7-18(12,15)16/h9H,4-8H2,1-3H3/t9-,11-/m1/s1. The van der Waals surface area contributed by atoms with Gasteiger partial charge in [-0.2, -0.15) is 0 Å². The van der Waals surface area contributed by atoms with E-state index in [2.05, 4.69) is 0 Å². The van der Waals surface area contributed by atoms with Crippen molar-refractivity contribution >= 4 is 19.7 Å². The molecule has 0 amide bonds. The lowest BCUT2D eigenvalue weighted by Crippen LogP contribution is -2.54. The van der Waals surface area contributed by atoms with Crippen LogP contribution < -0.4 is 0 Å². The van der Waals surface area contributed by atoms with Gasteiger partial charge >= 0.3 is 0 Å². The Morgan fingerprint density at radius 1 is 0.944 bits per heavy atom. The molecule has 0 aromatic rings. The second-order valence-corrected chi connectivity index (χ2v) is 11.8. The maximum Gasteiger partial charge on any atom is 0.179 e. The van der Waals surface area contributed by atoms with Gasteiger partial charge < -0.3 is 0 Å². The summed E-state index contributed by atoms with van der Waals surface area (Å²) < 4.78 is 48.5. The highest BCUT2D eigenvalue weighted by molar-refractivity contribution is 8.13. The first-order valence-electron chi connectivity index (χ1n) is 6.46. The molecule has 0 radical (unpaired) electrons. The first-order valence-corrected chi connectivity index (χ1v) is 9.77. The summed E-state index contributed by atoms with van der Waals surface area (Å²) in [6.45, 7) is 5.98. The van der Waals surface area contributed by atoms with E-state index in [0.29, 0.717) is 12.8 Å². The molecule has 1 heterocycles. The summed E-state index contributed by atoms with van der Waals surface area (Å²) >= 11 is 0. The zero-order chi connectivity index (χ0) is 13.6. The monoisotopic (exact) mass is 292 g/mol. The molecule has 3 fully saturated rings. The van der Waals surface area contributed by atoms with E-state index < -0.39 is 29.2 Å². The van der Waals surface area contributed by atoms with E-state index in [9.17, 15) is 16.8 Å². The third-order valence-corrected chi connectivity index (χ3v) is 12.9. The molecule has 6 heteroatoms. The second-order valence-electron chi connectivity index (χ2n) is 6.88. The first kappa shape index (κ1) is 12.9. The predicted octanol–water partition coefficient (Wildman–Crippen LogP) is 1.37. The van der Waals surface area contributed by atoms with Crippen LogP contribution in [0.4, 0.5) is 0 Å². The molecular weight excluding hydrogens is 272 g/mol. The SMILES string of the molecule is CC1(C)[C@@H]2CC[C@@]1(C)C1(C2)S(=O)(=O)CCS1(=O)=O. The van der Waals surface area contributed by atoms with Crippen LogP contribution in [0, 0.1) is 16.7 Å². The summed E-state index contributed by atoms with van der Waals surface area (Å²) in [4.78, 5) is 0. The summed E-state index contributed by atoms with van der Waals surface area (Å²) in [7, 11) is -7.08. The van der Waals surface area contributed by atoms with Crippen molar-refractivity contribution in [1.29, 1.82) is 0 Å². The molecule has 3 aliphatic rings. The minimum absolute atomic E-state index is 0.187. The van der Waals surface area contributed by atoms with Crippen molar-refractivity contribution in [2.75, 3.05) is 11.5 Å². The van der Waals surface area contributed by atoms with Gasteiger partial charge in [0.05, 0.1) is 11.5 Å². The molecule has 104 valence electrons. The van der Waals surface area contributed by atoms with Crippen LogP contribution in [0.1, 0.15) is 40.0 Å². The van der Waals surface area contributed by atoms with E-state index in [1.165, 1.54) is 0 Å². The van der Waals surface area contributed by atoms with Crippen LogP contribution >= 0.6 is 0 Å². The fourth-order valence-corrected chi connectivity index (χ4v) is 12.3. The van der Waals surface area contributed by atoms with Crippen molar-refractivity contribution in [1.82, 2.24) is 0 Å². The fraction of sp³-hybridized carbons (Fsp3) is 1.00. The average molecular weight is 292 g/mol. The number of sulfone groups is 2. The van der Waals surface area contributed by atoms with Gasteiger partial charge in [-0.05, 0) is 30.6 Å². The maximum absolute atomic E-state index is 12.5. The quantitative estimate of drug-likeness (QED) is 0.676. The van der Waals surface area contributed by atoms with Crippen molar-refractivity contribution in [3.63, 3.8) is 0 Å². The van der Waals surface area contributed by atoms with Crippen LogP contribution in [0.25, 0.3) is 0 Å². The fourth-order valence-electron chi connectivity index (χ4n) is 4.87. The number of rotatable bonds is 0. The highest BCUT2D eigenvalue weighted by Crippen LogP contribution is 2.74. The predicted molar refractivity (Wildman–Crippen MR) is 69.5 cm³/mol. The van der Waals surface area contributed by atoms with Gasteiger partial charge in [0.2, 0.25) is 0 Å². The normalized spacial score (nSPS) is 45.6. The van der Waals surface area contributed by atoms with Gasteiger partial charge in [0.15, 0.2) is 23.8 Å². The third-order valence-electron chi connectivity index (χ3n) is 6.42. The van der Waals surface area contributed by atoms with Gasteiger partial charge in [-0.1, -0.05) is 20.8 Å². The summed E-state index contributed by atoms with van der Waals surface area (Å²) in [5, 5.41) is 0. The maximum atomic E-state index is 12.5. The topological polar surface area (TPSA) is 68.3 Å². The molecule has 2 saturated carbocycles. The van der Waals surface area contributed by atoms with E-state index in [4.69, 9.17) is 0 Å². The average Bonchev–Trinajstić information content (AvgIpc) is 2.64. The molecule has 1 spiro atoms. The smallest absolute Gasteiger partial charge is 0.179 e. The van der Waals surface area contributed by atoms with Crippen LogP contribution in [-0.2, 0) is 19.7 Å². The largest absolute Gasteiger partial charge is 0.227 e. The van der Waals surface area contributed by atoms with Gasteiger partial charge in [0.1, 0.15) is 0 Å². The molecule has 0 aromatic carbocycles. The van der Waals surface area contributed by atoms with Crippen LogP contribution in [0.5, 0.6) is 0 Å². The molecule has 3 rings (SSSR count). The molecular formula is C12H20O4S2. The zero-order valence-electron chi connectivity index (χ0n) is 11.1. The minimum atomic E-state index is -3.54. The molecule has 0 unspecified atom stereocenters. The molecule has 1 aliphatic heterocycles. The van der Waals surface area contributed by atoms with Crippen LogP contribution in [0.15, 0.2) is 0 Å². The molecule has 2 aliphatic carbocycles. The summed E-state index contributed by atoms with van der Waals surface area (Å²) in [5.41, 5.74) is -0.837. The second kappa shape index (κ2) is 2.97. The lowest BCUT2D eigenvalue weighted by atomic mass is 9.70. The van der Waals surface area contributed by atoms with Gasteiger partial charge in [0.25, 0.3) is 0 Å². The van der Waals surface area contributed by atoms with Crippen molar-refractivity contribution in [2.24, 2.45) is 16.7 Å². The lowest BCUT2D eigenvalue weighted by Gasteiger charge is -2.44. The van der Waals surface area contributed by atoms with Gasteiger partial charge in [-0.3, -0.25) is 0 Å². The summed E-state index contributed by atoms with van der Waals surface area (Å²) in [6, 6.07) is 0. The van der Waals surface area contributed by atoms with Gasteiger partial charge in [-0.15, -0.1) is 0 Å². The van der Waals surface area contributed by atoms with Gasteiger partial charge in [-0.25, -0.2) is 16.8 Å². The summed E-state index contributed by atoms with van der Waals surface area (Å²) in [5.74, 6) is -0.160. The lowest BCUT2D eigenvalue weighted by molar-refractivity contribution is 0.143. The Hall–Kier alpha value is -0.100. The van der Waals surface area contributed by atoms with Crippen molar-refractivity contribution in [2.45, 2.75) is 44.1 Å². The number of hydrogen-bond acceptors (Lipinski definition) is 4. The Balaban J connectivity index is 2.37. The van der Waals surface area contributed by atoms with E-state index in [1.807, 2.05) is 20.8 Å². The molecule has 2 atom stereocenters. The van der Waals surface area contributed by atoms with Gasteiger partial charge in [0, 0.05) is 5.41 Å². The number of fused-ring (bicyclic) bond motifs is 3. The van der Waals surface area contributed by atoms with Crippen molar-refractivity contribution in [3.8, 4) is 0 Å². The third kappa shape index (κ3) is 0.984. The molecule has 0 N–H and O–H groups in total. The van der Waals surface area contributed by atoms with E-state index >= 15 is 0 Å². The van der Waals surface area contributed by atoms with Crippen molar-refractivity contribution in [3.05, 3.63) is 0 Å². The molecule has 2 bridgehead atoms. The molecule has 4 nitrogen and oxygen atoms in total. The van der Waals surface area contributed by atoms with E-state index in [1.54, 1.807) is 0 Å². The van der Waals surface area contributed by atoms with E-state index in [-0.39, 0.29) is 22.8 Å². The highest BCUT2D eigenvalue weighted by Gasteiger charge is 2.79.